The van der Waals surface area contributed by atoms with Crippen molar-refractivity contribution in [3.05, 3.63) is 29.8 Å². The minimum Gasteiger partial charge on any atom is -0.481 e. The number of nitrogens with zero attached hydrogens (tertiary/aromatic N) is 1. The summed E-state index contributed by atoms with van der Waals surface area (Å²) in [4.78, 5) is 13.3. The molecule has 3 nitrogen and oxygen atoms in total. The molecule has 1 aliphatic rings. The molecule has 1 N–H and O–H groups in total. The lowest BCUT2D eigenvalue weighted by Crippen LogP contribution is -2.39. The summed E-state index contributed by atoms with van der Waals surface area (Å²) in [5.41, 5.74) is 2.73. The Morgan fingerprint density at radius 2 is 1.90 bits per heavy atom. The van der Waals surface area contributed by atoms with Crippen LogP contribution in [-0.4, -0.2) is 23.7 Å². The molecule has 2 rings (SSSR count). The van der Waals surface area contributed by atoms with Crippen molar-refractivity contribution in [1.29, 1.82) is 0 Å². The smallest absolute Gasteiger partial charge is 0.305 e. The molecule has 0 saturated heterocycles. The highest BCUT2D eigenvalue weighted by Crippen LogP contribution is 2.44. The van der Waals surface area contributed by atoms with Crippen LogP contribution in [0.2, 0.25) is 0 Å². The third kappa shape index (κ3) is 3.99. The molecule has 1 aliphatic carbocycles. The Morgan fingerprint density at radius 1 is 1.29 bits per heavy atom. The highest BCUT2D eigenvalue weighted by Gasteiger charge is 2.39. The predicted molar refractivity (Wildman–Crippen MR) is 86.7 cm³/mol. The van der Waals surface area contributed by atoms with Gasteiger partial charge in [-0.25, -0.2) is 0 Å². The van der Waals surface area contributed by atoms with Gasteiger partial charge in [0.25, 0.3) is 0 Å². The molecule has 0 aromatic heterocycles. The molecule has 21 heavy (non-hydrogen) atoms. The van der Waals surface area contributed by atoms with Gasteiger partial charge in [-0.05, 0) is 43.2 Å². The second-order valence-corrected chi connectivity index (χ2v) is 7.29. The van der Waals surface area contributed by atoms with Gasteiger partial charge in [-0.1, -0.05) is 38.5 Å². The molecule has 0 heterocycles. The molecule has 0 amide bonds. The number of carbonyl (C=O) groups is 1. The molecular weight excluding hydrogens is 262 g/mol. The lowest BCUT2D eigenvalue weighted by Gasteiger charge is -2.34. The maximum absolute atomic E-state index is 11.0. The molecule has 3 heteroatoms. The van der Waals surface area contributed by atoms with Gasteiger partial charge in [0, 0.05) is 18.3 Å². The lowest BCUT2D eigenvalue weighted by atomic mass is 9.91. The number of carboxylic acid groups (broad SMARTS) is 1. The second-order valence-electron chi connectivity index (χ2n) is 7.29. The number of hydrogen-bond donors (Lipinski definition) is 1. The standard InChI is InChI=1S/C18H27NO2/c1-13-5-7-15(8-6-13)19(10-9-17(20)21)16-12-18(3,4)11-14(16)2/h5-8,14,16H,9-12H2,1-4H3,(H,20,21). The first-order chi connectivity index (χ1) is 9.78. The fourth-order valence-corrected chi connectivity index (χ4v) is 3.71. The van der Waals surface area contributed by atoms with E-state index in [1.165, 1.54) is 12.0 Å². The Bertz CT molecular complexity index is 492. The van der Waals surface area contributed by atoms with E-state index in [-0.39, 0.29) is 6.42 Å². The van der Waals surface area contributed by atoms with Crippen LogP contribution in [0.1, 0.15) is 45.6 Å². The van der Waals surface area contributed by atoms with Crippen molar-refractivity contribution in [2.45, 2.75) is 53.0 Å². The van der Waals surface area contributed by atoms with Crippen LogP contribution in [0.3, 0.4) is 0 Å². The van der Waals surface area contributed by atoms with Crippen LogP contribution in [0, 0.1) is 18.3 Å². The van der Waals surface area contributed by atoms with Gasteiger partial charge in [0.1, 0.15) is 0 Å². The summed E-state index contributed by atoms with van der Waals surface area (Å²) < 4.78 is 0. The monoisotopic (exact) mass is 289 g/mol. The fraction of sp³-hybridized carbons (Fsp3) is 0.611. The number of anilines is 1. The number of aliphatic carboxylic acids is 1. The second kappa shape index (κ2) is 6.08. The van der Waals surface area contributed by atoms with E-state index in [0.717, 1.165) is 12.1 Å². The minimum atomic E-state index is -0.725. The van der Waals surface area contributed by atoms with Crippen LogP contribution in [0.25, 0.3) is 0 Å². The number of carboxylic acids is 1. The third-order valence-electron chi connectivity index (χ3n) is 4.63. The fourth-order valence-electron chi connectivity index (χ4n) is 3.71. The summed E-state index contributed by atoms with van der Waals surface area (Å²) in [6.07, 6.45) is 2.52. The van der Waals surface area contributed by atoms with Crippen LogP contribution in [0.5, 0.6) is 0 Å². The van der Waals surface area contributed by atoms with E-state index in [4.69, 9.17) is 5.11 Å². The number of rotatable bonds is 5. The van der Waals surface area contributed by atoms with Crippen LogP contribution in [0.15, 0.2) is 24.3 Å². The average molecular weight is 289 g/mol. The zero-order valence-corrected chi connectivity index (χ0v) is 13.6. The Hall–Kier alpha value is -1.51. The van der Waals surface area contributed by atoms with Crippen molar-refractivity contribution < 1.29 is 9.90 Å². The van der Waals surface area contributed by atoms with Gasteiger partial charge in [0.05, 0.1) is 6.42 Å². The van der Waals surface area contributed by atoms with E-state index < -0.39 is 5.97 Å². The summed E-state index contributed by atoms with van der Waals surface area (Å²) in [6, 6.07) is 8.88. The predicted octanol–water partition coefficient (Wildman–Crippen LogP) is 4.10. The third-order valence-corrected chi connectivity index (χ3v) is 4.63. The maximum atomic E-state index is 11.0. The average Bonchev–Trinajstić information content (AvgIpc) is 2.65. The number of aryl methyl sites for hydroxylation is 1. The van der Waals surface area contributed by atoms with Crippen molar-refractivity contribution in [2.24, 2.45) is 11.3 Å². The molecule has 0 aliphatic heterocycles. The molecule has 2 unspecified atom stereocenters. The van der Waals surface area contributed by atoms with Crippen LogP contribution in [-0.2, 0) is 4.79 Å². The van der Waals surface area contributed by atoms with Crippen molar-refractivity contribution in [2.75, 3.05) is 11.4 Å². The van der Waals surface area contributed by atoms with E-state index in [9.17, 15) is 4.79 Å². The van der Waals surface area contributed by atoms with Gasteiger partial charge in [0.15, 0.2) is 0 Å². The van der Waals surface area contributed by atoms with E-state index in [1.54, 1.807) is 0 Å². The first-order valence-corrected chi connectivity index (χ1v) is 7.83. The quantitative estimate of drug-likeness (QED) is 0.887. The zero-order chi connectivity index (χ0) is 15.6. The number of hydrogen-bond acceptors (Lipinski definition) is 2. The van der Waals surface area contributed by atoms with Gasteiger partial charge in [0.2, 0.25) is 0 Å². The van der Waals surface area contributed by atoms with Crippen molar-refractivity contribution in [3.63, 3.8) is 0 Å². The first kappa shape index (κ1) is 15.9. The van der Waals surface area contributed by atoms with Gasteiger partial charge < -0.3 is 10.0 Å². The van der Waals surface area contributed by atoms with Crippen LogP contribution < -0.4 is 4.90 Å². The van der Waals surface area contributed by atoms with E-state index >= 15 is 0 Å². The van der Waals surface area contributed by atoms with E-state index in [1.807, 2.05) is 0 Å². The van der Waals surface area contributed by atoms with Crippen LogP contribution in [0.4, 0.5) is 5.69 Å². The Balaban J connectivity index is 2.23. The summed E-state index contributed by atoms with van der Waals surface area (Å²) in [5.74, 6) is -0.132. The SMILES string of the molecule is Cc1ccc(N(CCC(=O)O)C2CC(C)(C)CC2C)cc1. The minimum absolute atomic E-state index is 0.192. The summed E-state index contributed by atoms with van der Waals surface area (Å²) >= 11 is 0. The summed E-state index contributed by atoms with van der Waals surface area (Å²) in [5, 5.41) is 9.04. The molecule has 1 fully saturated rings. The molecule has 0 bridgehead atoms. The molecule has 2 atom stereocenters. The van der Waals surface area contributed by atoms with Gasteiger partial charge in [-0.3, -0.25) is 4.79 Å². The van der Waals surface area contributed by atoms with Crippen LogP contribution >= 0.6 is 0 Å². The largest absolute Gasteiger partial charge is 0.481 e. The highest BCUT2D eigenvalue weighted by molar-refractivity contribution is 5.67. The van der Waals surface area contributed by atoms with Gasteiger partial charge >= 0.3 is 5.97 Å². The first-order valence-electron chi connectivity index (χ1n) is 7.83. The Morgan fingerprint density at radius 3 is 2.38 bits per heavy atom. The van der Waals surface area contributed by atoms with E-state index in [2.05, 4.69) is 56.9 Å². The van der Waals surface area contributed by atoms with Crippen molar-refractivity contribution in [3.8, 4) is 0 Å². The zero-order valence-electron chi connectivity index (χ0n) is 13.6. The summed E-state index contributed by atoms with van der Waals surface area (Å²) in [7, 11) is 0. The molecule has 0 radical (unpaired) electrons. The summed E-state index contributed by atoms with van der Waals surface area (Å²) in [6.45, 7) is 9.58. The molecule has 1 saturated carbocycles. The molecule has 1 aromatic carbocycles. The van der Waals surface area contributed by atoms with Crippen molar-refractivity contribution in [1.82, 2.24) is 0 Å². The molecule has 0 spiro atoms. The Kier molecular flexibility index (Phi) is 4.60. The van der Waals surface area contributed by atoms with Gasteiger partial charge in [-0.2, -0.15) is 0 Å². The normalized spacial score (nSPS) is 24.0. The number of benzene rings is 1. The van der Waals surface area contributed by atoms with E-state index in [0.29, 0.717) is 23.9 Å². The molecule has 1 aromatic rings. The topological polar surface area (TPSA) is 40.5 Å². The molecular formula is C18H27NO2. The molecule has 116 valence electrons. The van der Waals surface area contributed by atoms with Crippen molar-refractivity contribution >= 4 is 11.7 Å². The lowest BCUT2D eigenvalue weighted by molar-refractivity contribution is -0.136. The highest BCUT2D eigenvalue weighted by atomic mass is 16.4. The Labute approximate surface area is 128 Å². The van der Waals surface area contributed by atoms with Gasteiger partial charge in [-0.15, -0.1) is 0 Å². The maximum Gasteiger partial charge on any atom is 0.305 e.